The van der Waals surface area contributed by atoms with Crippen molar-refractivity contribution >= 4 is 23.4 Å². The molecular weight excluding hydrogens is 299 g/mol. The first-order chi connectivity index (χ1) is 10.7. The molecule has 1 aliphatic rings. The zero-order chi connectivity index (χ0) is 17.4. The lowest BCUT2D eigenvalue weighted by atomic mass is 10.0. The maximum Gasteiger partial charge on any atom is 0.415 e. The van der Waals surface area contributed by atoms with E-state index >= 15 is 0 Å². The number of carbonyl (C=O) groups excluding carboxylic acids is 2. The summed E-state index contributed by atoms with van der Waals surface area (Å²) in [4.78, 5) is 27.3. The van der Waals surface area contributed by atoms with Crippen molar-refractivity contribution in [1.29, 1.82) is 0 Å². The number of anilines is 2. The van der Waals surface area contributed by atoms with E-state index in [2.05, 4.69) is 6.58 Å². The second-order valence-electron chi connectivity index (χ2n) is 6.41. The highest BCUT2D eigenvalue weighted by molar-refractivity contribution is 6.10. The van der Waals surface area contributed by atoms with Crippen molar-refractivity contribution in [3.63, 3.8) is 0 Å². The molecule has 0 aliphatic carbocycles. The van der Waals surface area contributed by atoms with Crippen LogP contribution in [0, 0.1) is 5.82 Å². The van der Waals surface area contributed by atoms with Gasteiger partial charge < -0.3 is 9.64 Å². The maximum absolute atomic E-state index is 14.1. The van der Waals surface area contributed by atoms with E-state index in [-0.39, 0.29) is 18.9 Å². The Morgan fingerprint density at radius 3 is 2.65 bits per heavy atom. The zero-order valence-electron chi connectivity index (χ0n) is 13.9. The molecule has 1 aliphatic heterocycles. The molecule has 1 aromatic rings. The second kappa shape index (κ2) is 6.02. The summed E-state index contributed by atoms with van der Waals surface area (Å²) in [5.41, 5.74) is 0.487. The predicted octanol–water partition coefficient (Wildman–Crippen LogP) is 3.27. The summed E-state index contributed by atoms with van der Waals surface area (Å²) < 4.78 is 19.5. The van der Waals surface area contributed by atoms with Gasteiger partial charge in [-0.3, -0.25) is 9.69 Å². The van der Waals surface area contributed by atoms with Gasteiger partial charge in [0.1, 0.15) is 18.0 Å². The Morgan fingerprint density at radius 2 is 2.09 bits per heavy atom. The number of hydrogen-bond donors (Lipinski definition) is 0. The first-order valence-electron chi connectivity index (χ1n) is 7.35. The van der Waals surface area contributed by atoms with Crippen LogP contribution in [0.1, 0.15) is 26.3 Å². The molecule has 2 rings (SSSR count). The maximum atomic E-state index is 14.1. The average Bonchev–Trinajstić information content (AvgIpc) is 2.43. The van der Waals surface area contributed by atoms with Crippen LogP contribution in [0.4, 0.5) is 20.6 Å². The Balaban J connectivity index is 2.54. The first kappa shape index (κ1) is 17.0. The van der Waals surface area contributed by atoms with Gasteiger partial charge in [-0.05, 0) is 39.3 Å². The Morgan fingerprint density at radius 1 is 1.43 bits per heavy atom. The zero-order valence-corrected chi connectivity index (χ0v) is 13.9. The van der Waals surface area contributed by atoms with Crippen molar-refractivity contribution in [1.82, 2.24) is 0 Å². The molecule has 0 saturated heterocycles. The van der Waals surface area contributed by atoms with Gasteiger partial charge in [-0.2, -0.15) is 0 Å². The van der Waals surface area contributed by atoms with Gasteiger partial charge >= 0.3 is 6.09 Å². The van der Waals surface area contributed by atoms with Crippen molar-refractivity contribution in [3.8, 4) is 0 Å². The van der Waals surface area contributed by atoms with Crippen LogP contribution >= 0.6 is 0 Å². The van der Waals surface area contributed by atoms with E-state index in [0.29, 0.717) is 16.9 Å². The summed E-state index contributed by atoms with van der Waals surface area (Å²) >= 11 is 0. The molecule has 0 N–H and O–H groups in total. The van der Waals surface area contributed by atoms with Crippen molar-refractivity contribution in [2.75, 3.05) is 23.4 Å². The molecule has 0 saturated carbocycles. The van der Waals surface area contributed by atoms with Gasteiger partial charge in [0.15, 0.2) is 0 Å². The summed E-state index contributed by atoms with van der Waals surface area (Å²) in [5, 5.41) is 0. The largest absolute Gasteiger partial charge is 0.443 e. The number of rotatable bonds is 2. The number of halogens is 1. The summed E-state index contributed by atoms with van der Waals surface area (Å²) in [6.45, 7) is 8.72. The molecule has 2 amide bonds. The van der Waals surface area contributed by atoms with E-state index in [4.69, 9.17) is 4.74 Å². The molecule has 0 fully saturated rings. The van der Waals surface area contributed by atoms with E-state index < -0.39 is 17.5 Å². The van der Waals surface area contributed by atoms with Crippen LogP contribution in [0.3, 0.4) is 0 Å². The standard InChI is InChI=1S/C17H21FN2O3/c1-6-7-11-12(18)8-9-13-15(11)19(5)14(21)10-20(13)16(22)23-17(2,3)4/h6,8-9H,1,7,10H2,2-5H3. The van der Waals surface area contributed by atoms with Crippen LogP contribution in [-0.4, -0.2) is 31.2 Å². The van der Waals surface area contributed by atoms with Crippen molar-refractivity contribution < 1.29 is 18.7 Å². The number of allylic oxidation sites excluding steroid dienone is 1. The van der Waals surface area contributed by atoms with Crippen LogP contribution < -0.4 is 9.80 Å². The Bertz CT molecular complexity index is 665. The molecule has 1 aromatic carbocycles. The summed E-state index contributed by atoms with van der Waals surface area (Å²) in [7, 11) is 1.57. The molecule has 6 heteroatoms. The third-order valence-electron chi connectivity index (χ3n) is 3.46. The molecule has 0 bridgehead atoms. The third-order valence-corrected chi connectivity index (χ3v) is 3.46. The van der Waals surface area contributed by atoms with Gasteiger partial charge in [-0.25, -0.2) is 9.18 Å². The normalized spacial score (nSPS) is 14.6. The quantitative estimate of drug-likeness (QED) is 0.786. The van der Waals surface area contributed by atoms with Gasteiger partial charge in [-0.1, -0.05) is 6.08 Å². The van der Waals surface area contributed by atoms with Crippen molar-refractivity contribution in [2.24, 2.45) is 0 Å². The highest BCUT2D eigenvalue weighted by Crippen LogP contribution is 2.38. The average molecular weight is 320 g/mol. The number of benzene rings is 1. The summed E-state index contributed by atoms with van der Waals surface area (Å²) in [5.74, 6) is -0.742. The Hall–Kier alpha value is -2.37. The van der Waals surface area contributed by atoms with E-state index in [1.54, 1.807) is 33.9 Å². The highest BCUT2D eigenvalue weighted by Gasteiger charge is 2.35. The van der Waals surface area contributed by atoms with Crippen LogP contribution in [0.5, 0.6) is 0 Å². The monoisotopic (exact) mass is 320 g/mol. The molecule has 0 unspecified atom stereocenters. The number of ether oxygens (including phenoxy) is 1. The fourth-order valence-electron chi connectivity index (χ4n) is 2.46. The SMILES string of the molecule is C=CCc1c(F)ccc2c1N(C)C(=O)CN2C(=O)OC(C)(C)C. The minimum Gasteiger partial charge on any atom is -0.443 e. The van der Waals surface area contributed by atoms with Crippen molar-refractivity contribution in [2.45, 2.75) is 32.8 Å². The number of carbonyl (C=O) groups is 2. The number of nitrogens with zero attached hydrogens (tertiary/aromatic N) is 2. The number of fused-ring (bicyclic) bond motifs is 1. The second-order valence-corrected chi connectivity index (χ2v) is 6.41. The van der Waals surface area contributed by atoms with Gasteiger partial charge in [0.25, 0.3) is 0 Å². The van der Waals surface area contributed by atoms with Crippen molar-refractivity contribution in [3.05, 3.63) is 36.2 Å². The molecule has 0 spiro atoms. The molecule has 0 radical (unpaired) electrons. The van der Waals surface area contributed by atoms with E-state index in [1.807, 2.05) is 0 Å². The minimum atomic E-state index is -0.687. The van der Waals surface area contributed by atoms with Gasteiger partial charge in [0, 0.05) is 12.6 Å². The fourth-order valence-corrected chi connectivity index (χ4v) is 2.46. The Labute approximate surface area is 135 Å². The molecule has 1 heterocycles. The number of likely N-dealkylation sites (N-methyl/N-ethyl adjacent to an activating group) is 1. The molecule has 124 valence electrons. The number of amides is 2. The molecule has 23 heavy (non-hydrogen) atoms. The smallest absolute Gasteiger partial charge is 0.415 e. The molecule has 5 nitrogen and oxygen atoms in total. The molecule has 0 aromatic heterocycles. The van der Waals surface area contributed by atoms with Crippen LogP contribution in [-0.2, 0) is 16.0 Å². The van der Waals surface area contributed by atoms with E-state index in [1.165, 1.54) is 21.9 Å². The van der Waals surface area contributed by atoms with Crippen LogP contribution in [0.25, 0.3) is 0 Å². The highest BCUT2D eigenvalue weighted by atomic mass is 19.1. The van der Waals surface area contributed by atoms with E-state index in [0.717, 1.165) is 0 Å². The summed E-state index contributed by atoms with van der Waals surface area (Å²) in [6, 6.07) is 2.78. The van der Waals surface area contributed by atoms with Crippen LogP contribution in [0.2, 0.25) is 0 Å². The lowest BCUT2D eigenvalue weighted by Gasteiger charge is -2.36. The molecule has 0 atom stereocenters. The predicted molar refractivity (Wildman–Crippen MR) is 87.3 cm³/mol. The Kier molecular flexibility index (Phi) is 4.45. The van der Waals surface area contributed by atoms with Gasteiger partial charge in [0.05, 0.1) is 11.4 Å². The lowest BCUT2D eigenvalue weighted by Crippen LogP contribution is -2.48. The van der Waals surface area contributed by atoms with E-state index in [9.17, 15) is 14.0 Å². The molecular formula is C17H21FN2O3. The van der Waals surface area contributed by atoms with Gasteiger partial charge in [-0.15, -0.1) is 6.58 Å². The topological polar surface area (TPSA) is 49.9 Å². The number of hydrogen-bond acceptors (Lipinski definition) is 3. The van der Waals surface area contributed by atoms with Gasteiger partial charge in [0.2, 0.25) is 5.91 Å². The van der Waals surface area contributed by atoms with Crippen LogP contribution in [0.15, 0.2) is 24.8 Å². The fraction of sp³-hybridized carbons (Fsp3) is 0.412. The minimum absolute atomic E-state index is 0.141. The third kappa shape index (κ3) is 3.36. The summed E-state index contributed by atoms with van der Waals surface area (Å²) in [6.07, 6.45) is 1.19. The first-order valence-corrected chi connectivity index (χ1v) is 7.35. The lowest BCUT2D eigenvalue weighted by molar-refractivity contribution is -0.117.